The van der Waals surface area contributed by atoms with Crippen LogP contribution in [0.3, 0.4) is 0 Å². The van der Waals surface area contributed by atoms with Crippen molar-refractivity contribution >= 4 is 18.5 Å². The molecule has 0 atom stereocenters. The predicted molar refractivity (Wildman–Crippen MR) is 55.2 cm³/mol. The quantitative estimate of drug-likeness (QED) is 0.354. The van der Waals surface area contributed by atoms with E-state index in [2.05, 4.69) is 38.4 Å². The minimum absolute atomic E-state index is 0.754. The van der Waals surface area contributed by atoms with Gasteiger partial charge in [-0.15, -0.1) is 11.5 Å². The molecule has 0 amide bonds. The number of rotatable bonds is 2. The molecule has 0 heterocycles. The van der Waals surface area contributed by atoms with Crippen LogP contribution in [0.5, 0.6) is 0 Å². The number of hydrogen-bond acceptors (Lipinski definition) is 0. The first-order valence-corrected chi connectivity index (χ1v) is 8.12. The van der Waals surface area contributed by atoms with Crippen LogP contribution in [0.4, 0.5) is 0 Å². The molecule has 0 saturated carbocycles. The Bertz CT molecular complexity index is 157. The Kier molecular flexibility index (Phi) is 4.88. The Balaban J connectivity index is 3.57. The molecule has 0 aromatic carbocycles. The third-order valence-corrected chi connectivity index (χ3v) is 2.29. The summed E-state index contributed by atoms with van der Waals surface area (Å²) in [7, 11) is -1.62. The van der Waals surface area contributed by atoms with Gasteiger partial charge in [0.05, 0.1) is 0 Å². The maximum atomic E-state index is 6.01. The molecule has 0 aliphatic carbocycles. The van der Waals surface area contributed by atoms with E-state index in [-0.39, 0.29) is 0 Å². The Morgan fingerprint density at radius 1 is 1.36 bits per heavy atom. The average molecular weight is 189 g/mol. The van der Waals surface area contributed by atoms with Crippen LogP contribution in [0.2, 0.25) is 13.1 Å². The summed E-state index contributed by atoms with van der Waals surface area (Å²) in [6.07, 6.45) is 2.19. The van der Waals surface area contributed by atoms with E-state index in [9.17, 15) is 0 Å². The molecule has 64 valence electrons. The van der Waals surface area contributed by atoms with E-state index in [0.717, 1.165) is 12.3 Å². The summed E-state index contributed by atoms with van der Waals surface area (Å²) in [4.78, 5) is 0. The minimum atomic E-state index is -1.62. The van der Waals surface area contributed by atoms with Gasteiger partial charge in [-0.05, 0) is 25.4 Å². The predicted octanol–water partition coefficient (Wildman–Crippen LogP) is 3.41. The molecule has 0 saturated heterocycles. The Morgan fingerprint density at radius 2 is 1.91 bits per heavy atom. The highest BCUT2D eigenvalue weighted by Gasteiger charge is 2.11. The summed E-state index contributed by atoms with van der Waals surface area (Å²) in [5, 5.41) is 0. The maximum Gasteiger partial charge on any atom is 0.228 e. The van der Waals surface area contributed by atoms with Gasteiger partial charge in [0, 0.05) is 6.42 Å². The van der Waals surface area contributed by atoms with E-state index in [4.69, 9.17) is 11.1 Å². The topological polar surface area (TPSA) is 0 Å². The summed E-state index contributed by atoms with van der Waals surface area (Å²) in [6, 6.07) is 0. The second-order valence-corrected chi connectivity index (χ2v) is 9.74. The van der Waals surface area contributed by atoms with Crippen LogP contribution in [0.15, 0.2) is 0 Å². The van der Waals surface area contributed by atoms with Crippen LogP contribution in [0, 0.1) is 17.4 Å². The lowest BCUT2D eigenvalue weighted by Gasteiger charge is -2.01. The first-order valence-electron chi connectivity index (χ1n) is 4.11. The molecular formula is C9H17ClSi. The standard InChI is InChI=1S/C9H17ClSi/c1-9(2)7-5-6-8-11(3,4)10/h9H,5,7H2,1-4H3. The van der Waals surface area contributed by atoms with Crippen molar-refractivity contribution in [2.24, 2.45) is 5.92 Å². The fraction of sp³-hybridized carbons (Fsp3) is 0.778. The molecule has 11 heavy (non-hydrogen) atoms. The van der Waals surface area contributed by atoms with Crippen molar-refractivity contribution in [2.75, 3.05) is 0 Å². The minimum Gasteiger partial charge on any atom is -0.151 e. The highest BCUT2D eigenvalue weighted by atomic mass is 35.6. The lowest BCUT2D eigenvalue weighted by Crippen LogP contribution is -2.12. The average Bonchev–Trinajstić information content (AvgIpc) is 1.78. The largest absolute Gasteiger partial charge is 0.228 e. The van der Waals surface area contributed by atoms with Crippen LogP contribution < -0.4 is 0 Å². The highest BCUT2D eigenvalue weighted by Crippen LogP contribution is 2.06. The lowest BCUT2D eigenvalue weighted by atomic mass is 10.1. The molecule has 0 spiro atoms. The van der Waals surface area contributed by atoms with Crippen molar-refractivity contribution in [1.29, 1.82) is 0 Å². The molecule has 0 aliphatic heterocycles. The number of halogens is 1. The van der Waals surface area contributed by atoms with Crippen LogP contribution in [0.1, 0.15) is 26.7 Å². The van der Waals surface area contributed by atoms with Crippen molar-refractivity contribution in [2.45, 2.75) is 39.8 Å². The summed E-state index contributed by atoms with van der Waals surface area (Å²) < 4.78 is 0. The Morgan fingerprint density at radius 3 is 2.27 bits per heavy atom. The normalized spacial score (nSPS) is 11.1. The summed E-state index contributed by atoms with van der Waals surface area (Å²) >= 11 is 6.01. The first kappa shape index (κ1) is 11.1. The van der Waals surface area contributed by atoms with Gasteiger partial charge in [0.15, 0.2) is 0 Å². The second kappa shape index (κ2) is 4.85. The van der Waals surface area contributed by atoms with Crippen LogP contribution in [-0.4, -0.2) is 7.38 Å². The third-order valence-electron chi connectivity index (χ3n) is 1.23. The molecule has 0 N–H and O–H groups in total. The van der Waals surface area contributed by atoms with E-state index in [1.807, 2.05) is 0 Å². The smallest absolute Gasteiger partial charge is 0.151 e. The SMILES string of the molecule is CC(C)CCC#C[Si](C)(C)Cl. The van der Waals surface area contributed by atoms with Crippen molar-refractivity contribution < 1.29 is 0 Å². The summed E-state index contributed by atoms with van der Waals surface area (Å²) in [6.45, 7) is 8.53. The van der Waals surface area contributed by atoms with Gasteiger partial charge < -0.3 is 0 Å². The molecule has 0 radical (unpaired) electrons. The van der Waals surface area contributed by atoms with Crippen molar-refractivity contribution in [1.82, 2.24) is 0 Å². The highest BCUT2D eigenvalue weighted by molar-refractivity contribution is 7.23. The zero-order valence-corrected chi connectivity index (χ0v) is 9.63. The van der Waals surface area contributed by atoms with Gasteiger partial charge in [0.2, 0.25) is 7.38 Å². The molecule has 0 aliphatic rings. The molecule has 2 heteroatoms. The van der Waals surface area contributed by atoms with Gasteiger partial charge in [0.1, 0.15) is 0 Å². The van der Waals surface area contributed by atoms with Crippen LogP contribution in [-0.2, 0) is 0 Å². The van der Waals surface area contributed by atoms with Crippen LogP contribution in [0.25, 0.3) is 0 Å². The van der Waals surface area contributed by atoms with E-state index in [0.29, 0.717) is 0 Å². The second-order valence-electron chi connectivity index (χ2n) is 3.71. The first-order chi connectivity index (χ1) is 4.92. The zero-order valence-electron chi connectivity index (χ0n) is 7.87. The molecular weight excluding hydrogens is 172 g/mol. The molecule has 0 rings (SSSR count). The van der Waals surface area contributed by atoms with Gasteiger partial charge >= 0.3 is 0 Å². The van der Waals surface area contributed by atoms with Crippen molar-refractivity contribution in [3.05, 3.63) is 0 Å². The Labute approximate surface area is 76.0 Å². The Hall–Kier alpha value is 0.0669. The fourth-order valence-electron chi connectivity index (χ4n) is 0.634. The van der Waals surface area contributed by atoms with Crippen LogP contribution >= 0.6 is 11.1 Å². The van der Waals surface area contributed by atoms with E-state index in [1.165, 1.54) is 6.42 Å². The molecule has 0 bridgehead atoms. The molecule has 0 aromatic heterocycles. The maximum absolute atomic E-state index is 6.01. The van der Waals surface area contributed by atoms with Gasteiger partial charge in [-0.3, -0.25) is 0 Å². The van der Waals surface area contributed by atoms with Gasteiger partial charge in [-0.1, -0.05) is 13.8 Å². The van der Waals surface area contributed by atoms with E-state index in [1.54, 1.807) is 0 Å². The van der Waals surface area contributed by atoms with Gasteiger partial charge in [-0.25, -0.2) is 0 Å². The zero-order chi connectivity index (χ0) is 8.91. The van der Waals surface area contributed by atoms with Crippen molar-refractivity contribution in [3.8, 4) is 11.5 Å². The van der Waals surface area contributed by atoms with Gasteiger partial charge in [0.25, 0.3) is 0 Å². The monoisotopic (exact) mass is 188 g/mol. The molecule has 0 unspecified atom stereocenters. The molecule has 0 fully saturated rings. The van der Waals surface area contributed by atoms with Gasteiger partial charge in [-0.2, -0.15) is 11.1 Å². The fourth-order valence-corrected chi connectivity index (χ4v) is 1.38. The third kappa shape index (κ3) is 10.1. The number of hydrogen-bond donors (Lipinski definition) is 0. The van der Waals surface area contributed by atoms with E-state index < -0.39 is 7.38 Å². The summed E-state index contributed by atoms with van der Waals surface area (Å²) in [5.74, 6) is 3.89. The van der Waals surface area contributed by atoms with E-state index >= 15 is 0 Å². The molecule has 0 aromatic rings. The summed E-state index contributed by atoms with van der Waals surface area (Å²) in [5.41, 5.74) is 3.13. The lowest BCUT2D eigenvalue weighted by molar-refractivity contribution is 0.600. The van der Waals surface area contributed by atoms with Crippen molar-refractivity contribution in [3.63, 3.8) is 0 Å². The molecule has 0 nitrogen and oxygen atoms in total.